The minimum Gasteiger partial charge on any atom is -0.289 e. The molecule has 1 aromatic heterocycles. The highest BCUT2D eigenvalue weighted by Crippen LogP contribution is 2.28. The molecule has 1 heterocycles. The van der Waals surface area contributed by atoms with Gasteiger partial charge in [-0.1, -0.05) is 27.5 Å². The molecule has 3 rings (SSSR count). The van der Waals surface area contributed by atoms with Crippen LogP contribution in [0.4, 0.5) is 0 Å². The molecule has 1 nitrogen and oxygen atoms in total. The van der Waals surface area contributed by atoms with E-state index in [1.54, 1.807) is 23.5 Å². The van der Waals surface area contributed by atoms with Crippen molar-refractivity contribution in [3.05, 3.63) is 56.1 Å². The number of rotatable bonds is 0. The van der Waals surface area contributed by atoms with Gasteiger partial charge in [0.05, 0.1) is 0 Å². The van der Waals surface area contributed by atoms with Crippen LogP contribution in [0.3, 0.4) is 0 Å². The Kier molecular flexibility index (Phi) is 2.69. The number of halogens is 2. The summed E-state index contributed by atoms with van der Waals surface area (Å²) in [5, 5.41) is 2.13. The predicted molar refractivity (Wildman–Crippen MR) is 78.3 cm³/mol. The molecule has 0 fully saturated rings. The Hall–Kier alpha value is -0.900. The number of benzene rings is 2. The van der Waals surface area contributed by atoms with Gasteiger partial charge in [0.2, 0.25) is 0 Å². The van der Waals surface area contributed by atoms with Gasteiger partial charge < -0.3 is 0 Å². The maximum atomic E-state index is 12.3. The molecule has 4 heteroatoms. The standard InChI is InChI=1S/C13H6BrClOS/c14-7-1-4-11-10(5-7)13(16)9-3-2-8(15)6-12(9)17-11/h1-6H. The van der Waals surface area contributed by atoms with Gasteiger partial charge in [-0.3, -0.25) is 4.79 Å². The van der Waals surface area contributed by atoms with Crippen LogP contribution in [0.2, 0.25) is 5.02 Å². The summed E-state index contributed by atoms with van der Waals surface area (Å²) in [6.45, 7) is 0. The van der Waals surface area contributed by atoms with Crippen molar-refractivity contribution in [3.8, 4) is 0 Å². The molecule has 0 bridgehead atoms. The van der Waals surface area contributed by atoms with E-state index in [1.807, 2.05) is 24.3 Å². The first-order valence-electron chi connectivity index (χ1n) is 4.97. The lowest BCUT2D eigenvalue weighted by Crippen LogP contribution is -2.00. The van der Waals surface area contributed by atoms with E-state index in [2.05, 4.69) is 15.9 Å². The van der Waals surface area contributed by atoms with Crippen molar-refractivity contribution < 1.29 is 0 Å². The molecule has 0 radical (unpaired) electrons. The smallest absolute Gasteiger partial charge is 0.195 e. The van der Waals surface area contributed by atoms with E-state index in [-0.39, 0.29) is 5.43 Å². The Bertz CT molecular complexity index is 794. The quantitative estimate of drug-likeness (QED) is 0.541. The van der Waals surface area contributed by atoms with Gasteiger partial charge in [-0.15, -0.1) is 11.3 Å². The van der Waals surface area contributed by atoms with Crippen LogP contribution in [-0.2, 0) is 0 Å². The third kappa shape index (κ3) is 1.88. The zero-order valence-electron chi connectivity index (χ0n) is 8.54. The molecule has 0 aliphatic heterocycles. The van der Waals surface area contributed by atoms with Gasteiger partial charge in [-0.25, -0.2) is 0 Å². The molecule has 0 saturated heterocycles. The van der Waals surface area contributed by atoms with Crippen LogP contribution >= 0.6 is 38.9 Å². The topological polar surface area (TPSA) is 17.1 Å². The van der Waals surface area contributed by atoms with Gasteiger partial charge in [0.25, 0.3) is 0 Å². The van der Waals surface area contributed by atoms with Crippen molar-refractivity contribution in [2.75, 3.05) is 0 Å². The van der Waals surface area contributed by atoms with Gasteiger partial charge in [-0.2, -0.15) is 0 Å². The van der Waals surface area contributed by atoms with Crippen LogP contribution in [0.5, 0.6) is 0 Å². The maximum Gasteiger partial charge on any atom is 0.195 e. The van der Waals surface area contributed by atoms with E-state index in [0.717, 1.165) is 24.6 Å². The van der Waals surface area contributed by atoms with E-state index < -0.39 is 0 Å². The van der Waals surface area contributed by atoms with Crippen molar-refractivity contribution in [3.63, 3.8) is 0 Å². The van der Waals surface area contributed by atoms with E-state index >= 15 is 0 Å². The summed E-state index contributed by atoms with van der Waals surface area (Å²) < 4.78 is 2.83. The number of hydrogen-bond donors (Lipinski definition) is 0. The van der Waals surface area contributed by atoms with Gasteiger partial charge in [0.1, 0.15) is 0 Å². The Morgan fingerprint density at radius 2 is 1.82 bits per heavy atom. The summed E-state index contributed by atoms with van der Waals surface area (Å²) in [5.41, 5.74) is 0.0618. The van der Waals surface area contributed by atoms with Crippen LogP contribution in [0.1, 0.15) is 0 Å². The molecular formula is C13H6BrClOS. The molecule has 3 aromatic rings. The third-order valence-electron chi connectivity index (χ3n) is 2.59. The van der Waals surface area contributed by atoms with Gasteiger partial charge in [0.15, 0.2) is 5.43 Å². The molecule has 0 aliphatic carbocycles. The summed E-state index contributed by atoms with van der Waals surface area (Å²) in [5.74, 6) is 0. The first kappa shape index (κ1) is 11.2. The summed E-state index contributed by atoms with van der Waals surface area (Å²) in [4.78, 5) is 12.3. The highest BCUT2D eigenvalue weighted by molar-refractivity contribution is 9.10. The lowest BCUT2D eigenvalue weighted by molar-refractivity contribution is 1.71. The van der Waals surface area contributed by atoms with E-state index in [9.17, 15) is 4.79 Å². The molecule has 0 unspecified atom stereocenters. The second-order valence-electron chi connectivity index (χ2n) is 3.71. The summed E-state index contributed by atoms with van der Waals surface area (Å²) in [7, 11) is 0. The van der Waals surface area contributed by atoms with Crippen LogP contribution in [0.25, 0.3) is 20.2 Å². The zero-order chi connectivity index (χ0) is 12.0. The number of fused-ring (bicyclic) bond motifs is 2. The van der Waals surface area contributed by atoms with Crippen molar-refractivity contribution in [1.29, 1.82) is 0 Å². The summed E-state index contributed by atoms with van der Waals surface area (Å²) in [6.07, 6.45) is 0. The average molecular weight is 326 g/mol. The Balaban J connectivity index is 2.57. The Morgan fingerprint density at radius 3 is 2.65 bits per heavy atom. The lowest BCUT2D eigenvalue weighted by atomic mass is 10.2. The largest absolute Gasteiger partial charge is 0.289 e. The second-order valence-corrected chi connectivity index (χ2v) is 6.15. The fourth-order valence-corrected chi connectivity index (χ4v) is 3.49. The predicted octanol–water partition coefficient (Wildman–Crippen LogP) is 4.83. The minimum absolute atomic E-state index is 0.0618. The summed E-state index contributed by atoms with van der Waals surface area (Å²) >= 11 is 10.9. The number of hydrogen-bond acceptors (Lipinski definition) is 2. The van der Waals surface area contributed by atoms with Crippen LogP contribution in [0.15, 0.2) is 45.7 Å². The summed E-state index contributed by atoms with van der Waals surface area (Å²) in [6, 6.07) is 11.1. The molecule has 0 amide bonds. The molecule has 0 aliphatic rings. The Morgan fingerprint density at radius 1 is 1.00 bits per heavy atom. The Labute approximate surface area is 115 Å². The highest BCUT2D eigenvalue weighted by Gasteiger charge is 2.06. The van der Waals surface area contributed by atoms with Crippen molar-refractivity contribution in [2.45, 2.75) is 0 Å². The van der Waals surface area contributed by atoms with Crippen LogP contribution in [-0.4, -0.2) is 0 Å². The second kappa shape index (κ2) is 4.09. The molecular weight excluding hydrogens is 320 g/mol. The minimum atomic E-state index is 0.0618. The molecule has 2 aromatic carbocycles. The SMILES string of the molecule is O=c1c2ccc(Cl)cc2sc2ccc(Br)cc12. The first-order chi connectivity index (χ1) is 8.15. The van der Waals surface area contributed by atoms with Crippen LogP contribution < -0.4 is 5.43 Å². The zero-order valence-corrected chi connectivity index (χ0v) is 11.7. The molecule has 0 saturated carbocycles. The van der Waals surface area contributed by atoms with Gasteiger partial charge in [0, 0.05) is 29.7 Å². The van der Waals surface area contributed by atoms with Crippen molar-refractivity contribution in [2.24, 2.45) is 0 Å². The fraction of sp³-hybridized carbons (Fsp3) is 0. The first-order valence-corrected chi connectivity index (χ1v) is 6.95. The lowest BCUT2D eigenvalue weighted by Gasteiger charge is -2.01. The van der Waals surface area contributed by atoms with Crippen LogP contribution in [0, 0.1) is 0 Å². The maximum absolute atomic E-state index is 12.3. The van der Waals surface area contributed by atoms with Crippen molar-refractivity contribution >= 4 is 59.0 Å². The van der Waals surface area contributed by atoms with E-state index in [0.29, 0.717) is 5.02 Å². The average Bonchev–Trinajstić information content (AvgIpc) is 2.30. The normalized spacial score (nSPS) is 11.2. The monoisotopic (exact) mass is 324 g/mol. The van der Waals surface area contributed by atoms with Gasteiger partial charge in [-0.05, 0) is 36.4 Å². The van der Waals surface area contributed by atoms with Crippen molar-refractivity contribution in [1.82, 2.24) is 0 Å². The van der Waals surface area contributed by atoms with E-state index in [1.165, 1.54) is 0 Å². The van der Waals surface area contributed by atoms with Gasteiger partial charge >= 0.3 is 0 Å². The molecule has 17 heavy (non-hydrogen) atoms. The molecule has 0 spiro atoms. The van der Waals surface area contributed by atoms with E-state index in [4.69, 9.17) is 11.6 Å². The third-order valence-corrected chi connectivity index (χ3v) is 4.46. The molecule has 0 N–H and O–H groups in total. The molecule has 84 valence electrons. The fourth-order valence-electron chi connectivity index (χ4n) is 1.80. The highest BCUT2D eigenvalue weighted by atomic mass is 79.9. The molecule has 0 atom stereocenters.